The Morgan fingerprint density at radius 2 is 1.92 bits per heavy atom. The normalized spacial score (nSPS) is 11.7. The van der Waals surface area contributed by atoms with Crippen LogP contribution in [0.3, 0.4) is 0 Å². The lowest BCUT2D eigenvalue weighted by molar-refractivity contribution is -0.123. The Morgan fingerprint density at radius 3 is 2.58 bits per heavy atom. The topological polar surface area (TPSA) is 81.4 Å². The van der Waals surface area contributed by atoms with Crippen LogP contribution in [0, 0.1) is 11.6 Å². The molecule has 0 aliphatic heterocycles. The van der Waals surface area contributed by atoms with Crippen LogP contribution >= 0.6 is 11.6 Å². The van der Waals surface area contributed by atoms with Crippen LogP contribution in [0.5, 0.6) is 0 Å². The molecule has 5 nitrogen and oxygen atoms in total. The van der Waals surface area contributed by atoms with Gasteiger partial charge in [-0.1, -0.05) is 11.6 Å². The summed E-state index contributed by atoms with van der Waals surface area (Å²) in [6.45, 7) is 1.29. The van der Waals surface area contributed by atoms with Gasteiger partial charge in [0.1, 0.15) is 11.6 Å². The molecule has 1 atom stereocenters. The fourth-order valence-corrected chi connectivity index (χ4v) is 2.01. The standard InChI is InChI=1S/C16H13ClF2N2O3/c1-8(15(22)21-14-7-10(18)3-5-12(14)19)24-16(23)11-4-2-9(17)6-13(11)20/h2-8H,20H2,1H3,(H,21,22)/t8-/m1/s1. The second kappa shape index (κ2) is 7.27. The number of carbonyl (C=O) groups excluding carboxylic acids is 2. The number of amides is 1. The summed E-state index contributed by atoms with van der Waals surface area (Å²) in [6.07, 6.45) is -1.25. The molecular weight excluding hydrogens is 342 g/mol. The molecule has 3 N–H and O–H groups in total. The first-order valence-corrected chi connectivity index (χ1v) is 7.17. The van der Waals surface area contributed by atoms with E-state index < -0.39 is 29.6 Å². The summed E-state index contributed by atoms with van der Waals surface area (Å²) in [5.41, 5.74) is 5.44. The molecule has 8 heteroatoms. The average Bonchev–Trinajstić information content (AvgIpc) is 2.50. The van der Waals surface area contributed by atoms with Crippen LogP contribution in [0.15, 0.2) is 36.4 Å². The van der Waals surface area contributed by atoms with Crippen LogP contribution in [0.25, 0.3) is 0 Å². The molecule has 2 rings (SSSR count). The van der Waals surface area contributed by atoms with Gasteiger partial charge in [-0.3, -0.25) is 4.79 Å². The molecule has 0 aliphatic rings. The highest BCUT2D eigenvalue weighted by Crippen LogP contribution is 2.20. The van der Waals surface area contributed by atoms with E-state index in [0.29, 0.717) is 5.02 Å². The van der Waals surface area contributed by atoms with Gasteiger partial charge in [0.05, 0.1) is 11.3 Å². The SMILES string of the molecule is C[C@@H](OC(=O)c1ccc(Cl)cc1N)C(=O)Nc1cc(F)ccc1F. The zero-order chi connectivity index (χ0) is 17.9. The number of ether oxygens (including phenoxy) is 1. The third-order valence-corrected chi connectivity index (χ3v) is 3.31. The lowest BCUT2D eigenvalue weighted by atomic mass is 10.2. The van der Waals surface area contributed by atoms with Crippen LogP contribution < -0.4 is 11.1 Å². The van der Waals surface area contributed by atoms with Gasteiger partial charge in [0.2, 0.25) is 0 Å². The van der Waals surface area contributed by atoms with E-state index in [2.05, 4.69) is 5.32 Å². The predicted octanol–water partition coefficient (Wildman–Crippen LogP) is 3.38. The van der Waals surface area contributed by atoms with Crippen molar-refractivity contribution in [2.45, 2.75) is 13.0 Å². The van der Waals surface area contributed by atoms with Gasteiger partial charge in [-0.25, -0.2) is 13.6 Å². The number of anilines is 2. The molecule has 0 fully saturated rings. The summed E-state index contributed by atoms with van der Waals surface area (Å²) in [6, 6.07) is 6.77. The Hall–Kier alpha value is -2.67. The number of nitrogens with two attached hydrogens (primary N) is 1. The number of hydrogen-bond acceptors (Lipinski definition) is 4. The zero-order valence-electron chi connectivity index (χ0n) is 12.5. The monoisotopic (exact) mass is 354 g/mol. The highest BCUT2D eigenvalue weighted by Gasteiger charge is 2.21. The maximum absolute atomic E-state index is 13.5. The van der Waals surface area contributed by atoms with Crippen molar-refractivity contribution >= 4 is 34.9 Å². The van der Waals surface area contributed by atoms with Gasteiger partial charge < -0.3 is 15.8 Å². The number of nitrogens with one attached hydrogen (secondary N) is 1. The average molecular weight is 355 g/mol. The third-order valence-electron chi connectivity index (χ3n) is 3.07. The zero-order valence-corrected chi connectivity index (χ0v) is 13.2. The minimum atomic E-state index is -1.25. The minimum Gasteiger partial charge on any atom is -0.449 e. The second-order valence-electron chi connectivity index (χ2n) is 4.89. The van der Waals surface area contributed by atoms with Crippen LogP contribution in [-0.4, -0.2) is 18.0 Å². The third kappa shape index (κ3) is 4.20. The molecule has 0 radical (unpaired) electrons. The minimum absolute atomic E-state index is 0.0380. The molecule has 0 saturated carbocycles. The number of nitrogen functional groups attached to an aromatic ring is 1. The molecule has 0 aromatic heterocycles. The lowest BCUT2D eigenvalue weighted by Gasteiger charge is -2.14. The second-order valence-corrected chi connectivity index (χ2v) is 5.33. The number of rotatable bonds is 4. The maximum atomic E-state index is 13.5. The molecule has 0 heterocycles. The maximum Gasteiger partial charge on any atom is 0.341 e. The molecule has 0 spiro atoms. The number of esters is 1. The lowest BCUT2D eigenvalue weighted by Crippen LogP contribution is -2.30. The van der Waals surface area contributed by atoms with E-state index in [4.69, 9.17) is 22.1 Å². The molecule has 24 heavy (non-hydrogen) atoms. The van der Waals surface area contributed by atoms with Crippen LogP contribution in [0.2, 0.25) is 5.02 Å². The highest BCUT2D eigenvalue weighted by molar-refractivity contribution is 6.31. The highest BCUT2D eigenvalue weighted by atomic mass is 35.5. The summed E-state index contributed by atoms with van der Waals surface area (Å²) in [5, 5.41) is 2.49. The van der Waals surface area contributed by atoms with Crippen LogP contribution in [-0.2, 0) is 9.53 Å². The van der Waals surface area contributed by atoms with E-state index in [0.717, 1.165) is 18.2 Å². The van der Waals surface area contributed by atoms with Gasteiger partial charge in [0.15, 0.2) is 6.10 Å². The van der Waals surface area contributed by atoms with Gasteiger partial charge >= 0.3 is 5.97 Å². The fraction of sp³-hybridized carbons (Fsp3) is 0.125. The van der Waals surface area contributed by atoms with Crippen LogP contribution in [0.4, 0.5) is 20.2 Å². The molecule has 0 aliphatic carbocycles. The first-order chi connectivity index (χ1) is 11.3. The van der Waals surface area contributed by atoms with Crippen LogP contribution in [0.1, 0.15) is 17.3 Å². The fourth-order valence-electron chi connectivity index (χ4n) is 1.82. The van der Waals surface area contributed by atoms with Crippen molar-refractivity contribution in [2.75, 3.05) is 11.1 Å². The van der Waals surface area contributed by atoms with E-state index in [9.17, 15) is 18.4 Å². The quantitative estimate of drug-likeness (QED) is 0.651. The summed E-state index contributed by atoms with van der Waals surface area (Å²) in [5.74, 6) is -3.19. The van der Waals surface area contributed by atoms with Gasteiger partial charge in [-0.2, -0.15) is 0 Å². The number of hydrogen-bond donors (Lipinski definition) is 2. The van der Waals surface area contributed by atoms with E-state index in [1.807, 2.05) is 0 Å². The van der Waals surface area contributed by atoms with E-state index in [1.165, 1.54) is 25.1 Å². The summed E-state index contributed by atoms with van der Waals surface area (Å²) in [4.78, 5) is 24.0. The largest absolute Gasteiger partial charge is 0.449 e. The first-order valence-electron chi connectivity index (χ1n) is 6.80. The van der Waals surface area contributed by atoms with Crippen molar-refractivity contribution in [1.29, 1.82) is 0 Å². The first kappa shape index (κ1) is 17.7. The molecule has 0 bridgehead atoms. The molecule has 2 aromatic carbocycles. The van der Waals surface area contributed by atoms with Crippen molar-refractivity contribution in [2.24, 2.45) is 0 Å². The van der Waals surface area contributed by atoms with Gasteiger partial charge in [-0.05, 0) is 37.3 Å². The smallest absolute Gasteiger partial charge is 0.341 e. The van der Waals surface area contributed by atoms with Gasteiger partial charge in [0.25, 0.3) is 5.91 Å². The Bertz CT molecular complexity index is 799. The van der Waals surface area contributed by atoms with Crippen molar-refractivity contribution in [1.82, 2.24) is 0 Å². The predicted molar refractivity (Wildman–Crippen MR) is 85.7 cm³/mol. The Kier molecular flexibility index (Phi) is 5.35. The Balaban J connectivity index is 2.05. The van der Waals surface area contributed by atoms with Crippen molar-refractivity contribution in [3.05, 3.63) is 58.6 Å². The summed E-state index contributed by atoms with van der Waals surface area (Å²) in [7, 11) is 0. The van der Waals surface area contributed by atoms with E-state index in [-0.39, 0.29) is 16.9 Å². The molecule has 126 valence electrons. The summed E-state index contributed by atoms with van der Waals surface area (Å²) < 4.78 is 31.5. The Labute approximate surface area is 141 Å². The molecule has 0 unspecified atom stereocenters. The molecular formula is C16H13ClF2N2O3. The molecule has 1 amide bonds. The van der Waals surface area contributed by atoms with E-state index in [1.54, 1.807) is 0 Å². The van der Waals surface area contributed by atoms with E-state index >= 15 is 0 Å². The van der Waals surface area contributed by atoms with Crippen molar-refractivity contribution in [3.63, 3.8) is 0 Å². The molecule has 2 aromatic rings. The van der Waals surface area contributed by atoms with Crippen molar-refractivity contribution < 1.29 is 23.1 Å². The number of carbonyl (C=O) groups is 2. The van der Waals surface area contributed by atoms with Crippen molar-refractivity contribution in [3.8, 4) is 0 Å². The van der Waals surface area contributed by atoms with Gasteiger partial charge in [0, 0.05) is 16.8 Å². The molecule has 0 saturated heterocycles. The van der Waals surface area contributed by atoms with Gasteiger partial charge in [-0.15, -0.1) is 0 Å². The number of benzene rings is 2. The number of halogens is 3. The summed E-state index contributed by atoms with van der Waals surface area (Å²) >= 11 is 5.73. The Morgan fingerprint density at radius 1 is 1.21 bits per heavy atom.